The fourth-order valence-corrected chi connectivity index (χ4v) is 1.37. The van der Waals surface area contributed by atoms with Gasteiger partial charge in [0.2, 0.25) is 5.82 Å². The number of rotatable bonds is 3. The van der Waals surface area contributed by atoms with Gasteiger partial charge < -0.3 is 0 Å². The van der Waals surface area contributed by atoms with Crippen molar-refractivity contribution in [1.29, 1.82) is 0 Å². The van der Waals surface area contributed by atoms with E-state index in [0.717, 1.165) is 17.8 Å². The summed E-state index contributed by atoms with van der Waals surface area (Å²) in [6.07, 6.45) is 2.36. The number of aromatic nitrogens is 3. The van der Waals surface area contributed by atoms with Crippen LogP contribution in [0.2, 0.25) is 0 Å². The smallest absolute Gasteiger partial charge is 0.258 e. The molecule has 0 N–H and O–H groups in total. The van der Waals surface area contributed by atoms with Gasteiger partial charge in [0.05, 0.1) is 22.5 Å². The van der Waals surface area contributed by atoms with E-state index in [2.05, 4.69) is 10.3 Å². The highest BCUT2D eigenvalue weighted by atomic mass is 19.1. The zero-order chi connectivity index (χ0) is 12.4. The Labute approximate surface area is 95.8 Å². The highest BCUT2D eigenvalue weighted by Gasteiger charge is 2.15. The molecule has 0 unspecified atom stereocenters. The zero-order valence-corrected chi connectivity index (χ0v) is 9.00. The summed E-state index contributed by atoms with van der Waals surface area (Å²) in [6.45, 7) is 1.92. The molecular formula is C10H9FN4O2. The maximum absolute atomic E-state index is 13.1. The number of hydrogen-bond acceptors (Lipinski definition) is 4. The Hall–Kier alpha value is -2.31. The van der Waals surface area contributed by atoms with Gasteiger partial charge in [-0.3, -0.25) is 10.1 Å². The summed E-state index contributed by atoms with van der Waals surface area (Å²) in [7, 11) is 0. The number of hydrogen-bond donors (Lipinski definition) is 0. The van der Waals surface area contributed by atoms with Crippen LogP contribution in [-0.2, 0) is 6.42 Å². The molecule has 0 bridgehead atoms. The molecule has 1 heterocycles. The summed E-state index contributed by atoms with van der Waals surface area (Å²) in [5.74, 6) is -0.866. The van der Waals surface area contributed by atoms with Crippen LogP contribution in [-0.4, -0.2) is 19.9 Å². The molecule has 7 heteroatoms. The molecule has 0 atom stereocenters. The van der Waals surface area contributed by atoms with Crippen molar-refractivity contribution in [3.8, 4) is 5.69 Å². The van der Waals surface area contributed by atoms with Crippen molar-refractivity contribution in [2.24, 2.45) is 0 Å². The number of halogens is 1. The number of nitro benzene ring substituents is 1. The third-order valence-electron chi connectivity index (χ3n) is 2.29. The van der Waals surface area contributed by atoms with E-state index in [1.807, 2.05) is 6.92 Å². The fraction of sp³-hybridized carbons (Fsp3) is 0.200. The van der Waals surface area contributed by atoms with E-state index in [4.69, 9.17) is 0 Å². The minimum Gasteiger partial charge on any atom is -0.258 e. The minimum atomic E-state index is -0.866. The zero-order valence-electron chi connectivity index (χ0n) is 9.00. The molecule has 0 radical (unpaired) electrons. The van der Waals surface area contributed by atoms with Crippen LogP contribution >= 0.6 is 0 Å². The molecule has 0 aliphatic heterocycles. The lowest BCUT2D eigenvalue weighted by atomic mass is 10.2. The molecule has 2 aromatic rings. The van der Waals surface area contributed by atoms with Crippen LogP contribution in [0.1, 0.15) is 12.6 Å². The lowest BCUT2D eigenvalue weighted by molar-refractivity contribution is -0.387. The standard InChI is InChI=1S/C10H9FN4O2/c1-2-7-6-14(13-12-7)8-3-4-9(11)10(5-8)15(16)17/h3-6H,2H2,1H3. The average molecular weight is 236 g/mol. The SMILES string of the molecule is CCc1cn(-c2ccc(F)c([N+](=O)[O-])c2)nn1. The van der Waals surface area contributed by atoms with E-state index in [9.17, 15) is 14.5 Å². The Morgan fingerprint density at radius 2 is 2.29 bits per heavy atom. The Bertz CT molecular complexity index is 567. The van der Waals surface area contributed by atoms with Crippen LogP contribution in [0.4, 0.5) is 10.1 Å². The first-order valence-corrected chi connectivity index (χ1v) is 4.97. The topological polar surface area (TPSA) is 73.8 Å². The van der Waals surface area contributed by atoms with E-state index in [-0.39, 0.29) is 0 Å². The maximum atomic E-state index is 13.1. The van der Waals surface area contributed by atoms with Gasteiger partial charge in [-0.15, -0.1) is 5.10 Å². The first-order chi connectivity index (χ1) is 8.11. The van der Waals surface area contributed by atoms with Gasteiger partial charge in [0.1, 0.15) is 0 Å². The summed E-state index contributed by atoms with van der Waals surface area (Å²) in [5, 5.41) is 18.3. The second-order valence-corrected chi connectivity index (χ2v) is 3.40. The van der Waals surface area contributed by atoms with Crippen molar-refractivity contribution in [2.75, 3.05) is 0 Å². The summed E-state index contributed by atoms with van der Waals surface area (Å²) in [4.78, 5) is 9.82. The third kappa shape index (κ3) is 2.12. The van der Waals surface area contributed by atoms with Gasteiger partial charge in [-0.25, -0.2) is 4.68 Å². The molecule has 0 spiro atoms. The summed E-state index contributed by atoms with van der Waals surface area (Å²) < 4.78 is 14.5. The molecule has 1 aromatic carbocycles. The second kappa shape index (κ2) is 4.28. The maximum Gasteiger partial charge on any atom is 0.306 e. The monoisotopic (exact) mass is 236 g/mol. The van der Waals surface area contributed by atoms with Crippen LogP contribution in [0, 0.1) is 15.9 Å². The van der Waals surface area contributed by atoms with Crippen molar-refractivity contribution in [3.63, 3.8) is 0 Å². The highest BCUT2D eigenvalue weighted by molar-refractivity contribution is 5.43. The molecule has 17 heavy (non-hydrogen) atoms. The van der Waals surface area contributed by atoms with E-state index in [1.165, 1.54) is 10.7 Å². The van der Waals surface area contributed by atoms with Gasteiger partial charge in [0.25, 0.3) is 0 Å². The van der Waals surface area contributed by atoms with Crippen LogP contribution in [0.15, 0.2) is 24.4 Å². The molecule has 0 saturated carbocycles. The van der Waals surface area contributed by atoms with Crippen molar-refractivity contribution in [3.05, 3.63) is 46.0 Å². The quantitative estimate of drug-likeness (QED) is 0.602. The van der Waals surface area contributed by atoms with Crippen molar-refractivity contribution < 1.29 is 9.31 Å². The first-order valence-electron chi connectivity index (χ1n) is 4.97. The molecule has 0 amide bonds. The number of nitro groups is 1. The molecule has 0 aliphatic rings. The molecular weight excluding hydrogens is 227 g/mol. The fourth-order valence-electron chi connectivity index (χ4n) is 1.37. The van der Waals surface area contributed by atoms with E-state index in [1.54, 1.807) is 6.20 Å². The number of aryl methyl sites for hydroxylation is 1. The van der Waals surface area contributed by atoms with Crippen LogP contribution in [0.3, 0.4) is 0 Å². The minimum absolute atomic E-state index is 0.408. The first kappa shape index (κ1) is 11.2. The molecule has 0 saturated heterocycles. The van der Waals surface area contributed by atoms with E-state index >= 15 is 0 Å². The lowest BCUT2D eigenvalue weighted by Gasteiger charge is -2.00. The Morgan fingerprint density at radius 3 is 2.88 bits per heavy atom. The van der Waals surface area contributed by atoms with E-state index in [0.29, 0.717) is 12.1 Å². The van der Waals surface area contributed by atoms with Gasteiger partial charge in [0, 0.05) is 6.07 Å². The van der Waals surface area contributed by atoms with Gasteiger partial charge in [-0.05, 0) is 18.6 Å². The number of nitrogens with zero attached hydrogens (tertiary/aromatic N) is 4. The number of benzene rings is 1. The van der Waals surface area contributed by atoms with Crippen LogP contribution < -0.4 is 0 Å². The van der Waals surface area contributed by atoms with Gasteiger partial charge in [-0.1, -0.05) is 12.1 Å². The van der Waals surface area contributed by atoms with Crippen molar-refractivity contribution in [2.45, 2.75) is 13.3 Å². The largest absolute Gasteiger partial charge is 0.306 e. The third-order valence-corrected chi connectivity index (χ3v) is 2.29. The highest BCUT2D eigenvalue weighted by Crippen LogP contribution is 2.20. The average Bonchev–Trinajstić information content (AvgIpc) is 2.78. The van der Waals surface area contributed by atoms with Crippen LogP contribution in [0.25, 0.3) is 5.69 Å². The normalized spacial score (nSPS) is 10.5. The van der Waals surface area contributed by atoms with Crippen LogP contribution in [0.5, 0.6) is 0 Å². The summed E-state index contributed by atoms with van der Waals surface area (Å²) in [5.41, 5.74) is 0.596. The lowest BCUT2D eigenvalue weighted by Crippen LogP contribution is -1.98. The Morgan fingerprint density at radius 1 is 1.53 bits per heavy atom. The van der Waals surface area contributed by atoms with Crippen molar-refractivity contribution >= 4 is 5.69 Å². The summed E-state index contributed by atoms with van der Waals surface area (Å²) in [6, 6.07) is 3.58. The second-order valence-electron chi connectivity index (χ2n) is 3.40. The molecule has 0 fully saturated rings. The molecule has 1 aromatic heterocycles. The predicted molar refractivity (Wildman–Crippen MR) is 57.3 cm³/mol. The van der Waals surface area contributed by atoms with Gasteiger partial charge in [0.15, 0.2) is 0 Å². The predicted octanol–water partition coefficient (Wildman–Crippen LogP) is 1.88. The van der Waals surface area contributed by atoms with Gasteiger partial charge >= 0.3 is 5.69 Å². The summed E-state index contributed by atoms with van der Waals surface area (Å²) >= 11 is 0. The Balaban J connectivity index is 2.46. The Kier molecular flexibility index (Phi) is 2.82. The van der Waals surface area contributed by atoms with E-state index < -0.39 is 16.4 Å². The van der Waals surface area contributed by atoms with Crippen molar-refractivity contribution in [1.82, 2.24) is 15.0 Å². The molecule has 2 rings (SSSR count). The molecule has 88 valence electrons. The molecule has 0 aliphatic carbocycles. The van der Waals surface area contributed by atoms with Gasteiger partial charge in [-0.2, -0.15) is 4.39 Å². The molecule has 6 nitrogen and oxygen atoms in total.